The number of para-hydroxylation sites is 1. The molecule has 1 heterocycles. The van der Waals surface area contributed by atoms with Gasteiger partial charge in [-0.2, -0.15) is 0 Å². The number of halogens is 1. The molecule has 2 N–H and O–H groups in total. The Morgan fingerprint density at radius 3 is 2.43 bits per heavy atom. The Morgan fingerprint density at radius 2 is 1.78 bits per heavy atom. The van der Waals surface area contributed by atoms with Gasteiger partial charge in [-0.15, -0.1) is 4.48 Å². The van der Waals surface area contributed by atoms with Gasteiger partial charge in [0.25, 0.3) is 0 Å². The first kappa shape index (κ1) is 15.6. The molecule has 0 aliphatic carbocycles. The van der Waals surface area contributed by atoms with Gasteiger partial charge in [0.1, 0.15) is 0 Å². The van der Waals surface area contributed by atoms with Crippen LogP contribution < -0.4 is 10.2 Å². The lowest BCUT2D eigenvalue weighted by molar-refractivity contribution is -0.123. The number of hydrogen-bond acceptors (Lipinski definition) is 3. The van der Waals surface area contributed by atoms with Crippen molar-refractivity contribution in [1.82, 2.24) is 4.48 Å². The minimum absolute atomic E-state index is 0.475. The molecule has 0 spiro atoms. The molecule has 5 nitrogen and oxygen atoms in total. The molecule has 23 heavy (non-hydrogen) atoms. The number of aliphatic imine (C=N–C) groups is 1. The summed E-state index contributed by atoms with van der Waals surface area (Å²) in [5.41, 5.74) is 8.22. The summed E-state index contributed by atoms with van der Waals surface area (Å²) in [5, 5.41) is 0. The number of hydrogen-bond donors (Lipinski definition) is 1. The number of quaternary nitrogens is 1. The molecule has 0 fully saturated rings. The summed E-state index contributed by atoms with van der Waals surface area (Å²) in [4.78, 5) is 28.8. The number of carbonyl (C=O) groups excluding carboxylic acids is 2. The predicted molar refractivity (Wildman–Crippen MR) is 92.8 cm³/mol. The number of likely N-dealkylation sites (N-methyl/N-ethyl adjacent to an activating group) is 1. The Bertz CT molecular complexity index is 830. The molecule has 1 aliphatic heterocycles. The normalized spacial score (nSPS) is 20.4. The van der Waals surface area contributed by atoms with E-state index in [9.17, 15) is 9.59 Å². The monoisotopic (exact) mass is 371 g/mol. The molecule has 1 radical (unpaired) electrons. The zero-order chi connectivity index (χ0) is 16.6. The van der Waals surface area contributed by atoms with Crippen LogP contribution in [0.3, 0.4) is 0 Å². The molecule has 6 heteroatoms. The quantitative estimate of drug-likeness (QED) is 0.782. The fourth-order valence-electron chi connectivity index (χ4n) is 2.55. The number of benzodiazepines with no additional fused rings is 1. The maximum atomic E-state index is 12.5. The third-order valence-corrected chi connectivity index (χ3v) is 4.47. The highest BCUT2D eigenvalue weighted by molar-refractivity contribution is 9.10. The summed E-state index contributed by atoms with van der Waals surface area (Å²) in [5.74, 6) is -0.475. The van der Waals surface area contributed by atoms with Crippen LogP contribution in [0, 0.1) is 6.54 Å². The lowest BCUT2D eigenvalue weighted by atomic mass is 9.99. The molecular weight excluding hydrogens is 358 g/mol. The molecule has 1 aliphatic rings. The molecule has 0 bridgehead atoms. The number of imide groups is 1. The fraction of sp³-hybridized carbons (Fsp3) is 0.0588. The van der Waals surface area contributed by atoms with E-state index in [0.29, 0.717) is 17.0 Å². The minimum atomic E-state index is -0.744. The molecule has 0 saturated heterocycles. The van der Waals surface area contributed by atoms with Crippen LogP contribution in [0.1, 0.15) is 11.1 Å². The fourth-order valence-corrected chi connectivity index (χ4v) is 2.82. The number of benzene rings is 2. The van der Waals surface area contributed by atoms with E-state index in [-0.39, 0.29) is 0 Å². The summed E-state index contributed by atoms with van der Waals surface area (Å²) in [6.45, 7) is 1.17. The van der Waals surface area contributed by atoms with Crippen LogP contribution in [-0.2, 0) is 4.79 Å². The van der Waals surface area contributed by atoms with Gasteiger partial charge >= 0.3 is 11.9 Å². The third-order valence-electron chi connectivity index (χ3n) is 3.94. The smallest absolute Gasteiger partial charge is 0.318 e. The highest BCUT2D eigenvalue weighted by Crippen LogP contribution is 2.32. The Hall–Kier alpha value is -2.31. The van der Waals surface area contributed by atoms with Gasteiger partial charge in [0.2, 0.25) is 6.54 Å². The highest BCUT2D eigenvalue weighted by atomic mass is 79.9. The molecule has 1 unspecified atom stereocenters. The van der Waals surface area contributed by atoms with Gasteiger partial charge in [-0.05, 0) is 18.2 Å². The third kappa shape index (κ3) is 2.50. The van der Waals surface area contributed by atoms with Crippen LogP contribution in [0.15, 0.2) is 58.0 Å². The molecule has 1 atom stereocenters. The van der Waals surface area contributed by atoms with E-state index in [1.54, 1.807) is 12.1 Å². The summed E-state index contributed by atoms with van der Waals surface area (Å²) in [7, 11) is 1.49. The summed E-state index contributed by atoms with van der Waals surface area (Å²) < 4.78 is 0.307. The first-order chi connectivity index (χ1) is 10.9. The lowest BCUT2D eigenvalue weighted by Crippen LogP contribution is -2.58. The van der Waals surface area contributed by atoms with Crippen molar-refractivity contribution in [2.45, 2.75) is 0 Å². The number of carbonyl (C=O) groups is 2. The molecule has 3 amide bonds. The maximum Gasteiger partial charge on any atom is 0.426 e. The Labute approximate surface area is 142 Å². The van der Waals surface area contributed by atoms with Gasteiger partial charge in [0.05, 0.1) is 18.3 Å². The second-order valence-corrected chi connectivity index (χ2v) is 6.23. The molecule has 0 aromatic heterocycles. The van der Waals surface area contributed by atoms with Crippen molar-refractivity contribution in [1.29, 1.82) is 0 Å². The van der Waals surface area contributed by atoms with E-state index in [4.69, 9.17) is 5.73 Å². The SMILES string of the molecule is C[N+]1(C(N)=O)C(=O)[CH]N=C(c2ccc(Br)cc2)c2ccccc21. The summed E-state index contributed by atoms with van der Waals surface area (Å²) >= 11 is 3.40. The first-order valence-corrected chi connectivity index (χ1v) is 7.72. The number of urea groups is 1. The van der Waals surface area contributed by atoms with Gasteiger partial charge in [-0.1, -0.05) is 40.2 Å². The zero-order valence-corrected chi connectivity index (χ0v) is 13.9. The van der Waals surface area contributed by atoms with Crippen molar-refractivity contribution in [3.05, 3.63) is 70.7 Å². The van der Waals surface area contributed by atoms with Gasteiger partial charge < -0.3 is 5.73 Å². The number of primary amides is 1. The highest BCUT2D eigenvalue weighted by Gasteiger charge is 2.45. The van der Waals surface area contributed by atoms with E-state index in [0.717, 1.165) is 10.0 Å². The van der Waals surface area contributed by atoms with E-state index < -0.39 is 16.4 Å². The Morgan fingerprint density at radius 1 is 1.13 bits per heavy atom. The van der Waals surface area contributed by atoms with Crippen molar-refractivity contribution in [3.8, 4) is 0 Å². The van der Waals surface area contributed by atoms with Crippen molar-refractivity contribution in [2.24, 2.45) is 10.7 Å². The Balaban J connectivity index is 2.25. The molecule has 3 rings (SSSR count). The van der Waals surface area contributed by atoms with Crippen LogP contribution in [0.5, 0.6) is 0 Å². The average Bonchev–Trinajstić information content (AvgIpc) is 2.66. The van der Waals surface area contributed by atoms with Crippen LogP contribution in [0.25, 0.3) is 0 Å². The first-order valence-electron chi connectivity index (χ1n) is 6.92. The van der Waals surface area contributed by atoms with E-state index in [1.165, 1.54) is 13.6 Å². The summed E-state index contributed by atoms with van der Waals surface area (Å²) in [6.07, 6.45) is 0. The van der Waals surface area contributed by atoms with Gasteiger partial charge in [0.15, 0.2) is 5.69 Å². The van der Waals surface area contributed by atoms with Crippen molar-refractivity contribution in [3.63, 3.8) is 0 Å². The van der Waals surface area contributed by atoms with Crippen LogP contribution in [0.4, 0.5) is 10.5 Å². The minimum Gasteiger partial charge on any atom is -0.318 e. The number of amides is 3. The second kappa shape index (κ2) is 5.72. The largest absolute Gasteiger partial charge is 0.426 e. The lowest BCUT2D eigenvalue weighted by Gasteiger charge is -2.25. The van der Waals surface area contributed by atoms with Gasteiger partial charge in [0, 0.05) is 16.1 Å². The van der Waals surface area contributed by atoms with Crippen molar-refractivity contribution >= 4 is 39.3 Å². The van der Waals surface area contributed by atoms with Crippen LogP contribution in [0.2, 0.25) is 0 Å². The number of fused-ring (bicyclic) bond motifs is 1. The standard InChI is InChI=1S/C17H13BrN3O2/c1-21(17(19)23)14-5-3-2-4-13(14)16(20-10-15(21)22)11-6-8-12(18)9-7-11/h2-10H,1H3,(H-,19,23)/p+1. The second-order valence-electron chi connectivity index (χ2n) is 5.31. The summed E-state index contributed by atoms with van der Waals surface area (Å²) in [6, 6.07) is 14.0. The van der Waals surface area contributed by atoms with Gasteiger partial charge in [-0.3, -0.25) is 4.99 Å². The van der Waals surface area contributed by atoms with Crippen LogP contribution in [-0.4, -0.2) is 24.7 Å². The number of rotatable bonds is 1. The topological polar surface area (TPSA) is 72.5 Å². The molecular formula is C17H14BrN3O2+. The molecule has 2 aromatic rings. The predicted octanol–water partition coefficient (Wildman–Crippen LogP) is 3.00. The Kier molecular flexibility index (Phi) is 3.87. The van der Waals surface area contributed by atoms with Crippen molar-refractivity contribution < 1.29 is 9.59 Å². The number of nitrogens with two attached hydrogens (primary N) is 1. The number of nitrogens with zero attached hydrogens (tertiary/aromatic N) is 2. The van der Waals surface area contributed by atoms with Crippen LogP contribution >= 0.6 is 15.9 Å². The van der Waals surface area contributed by atoms with Crippen molar-refractivity contribution in [2.75, 3.05) is 7.05 Å². The molecule has 0 saturated carbocycles. The van der Waals surface area contributed by atoms with E-state index in [1.807, 2.05) is 36.4 Å². The zero-order valence-electron chi connectivity index (χ0n) is 12.4. The average molecular weight is 372 g/mol. The molecule has 115 valence electrons. The van der Waals surface area contributed by atoms with E-state index in [2.05, 4.69) is 20.9 Å². The maximum absolute atomic E-state index is 12.5. The van der Waals surface area contributed by atoms with E-state index >= 15 is 0 Å². The van der Waals surface area contributed by atoms with Gasteiger partial charge in [-0.25, -0.2) is 9.59 Å². The molecule has 2 aromatic carbocycles.